The maximum atomic E-state index is 12.3. The highest BCUT2D eigenvalue weighted by atomic mass is 16.2. The molecule has 1 fully saturated rings. The summed E-state index contributed by atoms with van der Waals surface area (Å²) >= 11 is 0. The first-order valence-electron chi connectivity index (χ1n) is 7.89. The highest BCUT2D eigenvalue weighted by Crippen LogP contribution is 2.12. The van der Waals surface area contributed by atoms with E-state index in [-0.39, 0.29) is 11.5 Å². The predicted octanol–water partition coefficient (Wildman–Crippen LogP) is 1.88. The molecule has 1 aromatic heterocycles. The number of carbonyl (C=O) groups excluding carboxylic acids is 1. The second kappa shape index (κ2) is 6.30. The molecule has 0 saturated carbocycles. The average Bonchev–Trinajstić information content (AvgIpc) is 2.57. The van der Waals surface area contributed by atoms with E-state index in [0.717, 1.165) is 25.9 Å². The Labute approximate surface area is 129 Å². The predicted molar refractivity (Wildman–Crippen MR) is 85.7 cm³/mol. The van der Waals surface area contributed by atoms with Crippen LogP contribution in [0, 0.1) is 0 Å². The lowest BCUT2D eigenvalue weighted by Gasteiger charge is -2.26. The Hall–Kier alpha value is -2.17. The molecule has 1 amide bonds. The van der Waals surface area contributed by atoms with Crippen molar-refractivity contribution in [1.82, 2.24) is 14.5 Å². The van der Waals surface area contributed by atoms with Crippen LogP contribution < -0.4 is 5.56 Å². The molecule has 0 unspecified atom stereocenters. The molecule has 0 atom stereocenters. The first kappa shape index (κ1) is 14.8. The van der Waals surface area contributed by atoms with Crippen LogP contribution in [0.4, 0.5) is 0 Å². The lowest BCUT2D eigenvalue weighted by Crippen LogP contribution is -2.36. The van der Waals surface area contributed by atoms with E-state index >= 15 is 0 Å². The van der Waals surface area contributed by atoms with Gasteiger partial charge in [0.15, 0.2) is 0 Å². The van der Waals surface area contributed by atoms with E-state index in [1.807, 2.05) is 23.1 Å². The van der Waals surface area contributed by atoms with Gasteiger partial charge < -0.3 is 4.90 Å². The Balaban J connectivity index is 1.77. The second-order valence-electron chi connectivity index (χ2n) is 5.85. The fourth-order valence-corrected chi connectivity index (χ4v) is 3.01. The first-order valence-corrected chi connectivity index (χ1v) is 7.89. The van der Waals surface area contributed by atoms with Crippen molar-refractivity contribution in [3.8, 4) is 0 Å². The maximum Gasteiger partial charge on any atom is 0.261 e. The maximum absolute atomic E-state index is 12.3. The van der Waals surface area contributed by atoms with Crippen molar-refractivity contribution in [2.24, 2.45) is 7.05 Å². The van der Waals surface area contributed by atoms with Crippen molar-refractivity contribution in [3.63, 3.8) is 0 Å². The number of likely N-dealkylation sites (tertiary alicyclic amines) is 1. The summed E-state index contributed by atoms with van der Waals surface area (Å²) < 4.78 is 1.56. The zero-order valence-corrected chi connectivity index (χ0v) is 12.9. The van der Waals surface area contributed by atoms with Gasteiger partial charge in [0.25, 0.3) is 5.56 Å². The normalized spacial score (nSPS) is 15.2. The molecule has 116 valence electrons. The largest absolute Gasteiger partial charge is 0.343 e. The molecule has 1 aliphatic rings. The average molecular weight is 299 g/mol. The van der Waals surface area contributed by atoms with E-state index in [0.29, 0.717) is 29.6 Å². The third-order valence-corrected chi connectivity index (χ3v) is 4.35. The summed E-state index contributed by atoms with van der Waals surface area (Å²) in [7, 11) is 1.72. The van der Waals surface area contributed by atoms with Gasteiger partial charge in [-0.05, 0) is 31.4 Å². The van der Waals surface area contributed by atoms with Crippen LogP contribution in [0.3, 0.4) is 0 Å². The zero-order chi connectivity index (χ0) is 15.5. The van der Waals surface area contributed by atoms with Crippen LogP contribution in [0.2, 0.25) is 0 Å². The number of aromatic nitrogens is 2. The number of para-hydroxylation sites is 1. The lowest BCUT2D eigenvalue weighted by molar-refractivity contribution is -0.132. The molecule has 0 radical (unpaired) electrons. The van der Waals surface area contributed by atoms with E-state index in [1.54, 1.807) is 17.7 Å². The molecule has 1 aromatic carbocycles. The SMILES string of the molecule is Cn1c(CCC(=O)N2CCCCC2)nc2ccccc2c1=O. The molecule has 22 heavy (non-hydrogen) atoms. The topological polar surface area (TPSA) is 55.2 Å². The van der Waals surface area contributed by atoms with E-state index in [2.05, 4.69) is 4.98 Å². The molecule has 3 rings (SSSR count). The fourth-order valence-electron chi connectivity index (χ4n) is 3.01. The molecular weight excluding hydrogens is 278 g/mol. The van der Waals surface area contributed by atoms with Gasteiger partial charge in [-0.25, -0.2) is 4.98 Å². The number of amides is 1. The number of hydrogen-bond acceptors (Lipinski definition) is 3. The summed E-state index contributed by atoms with van der Waals surface area (Å²) in [5, 5.41) is 0.621. The number of hydrogen-bond donors (Lipinski definition) is 0. The van der Waals surface area contributed by atoms with Gasteiger partial charge >= 0.3 is 0 Å². The highest BCUT2D eigenvalue weighted by molar-refractivity contribution is 5.78. The number of aryl methyl sites for hydroxylation is 1. The van der Waals surface area contributed by atoms with Gasteiger partial charge in [0, 0.05) is 33.0 Å². The van der Waals surface area contributed by atoms with Crippen LogP contribution >= 0.6 is 0 Å². The van der Waals surface area contributed by atoms with Crippen molar-refractivity contribution in [2.75, 3.05) is 13.1 Å². The van der Waals surface area contributed by atoms with E-state index in [1.165, 1.54) is 6.42 Å². The van der Waals surface area contributed by atoms with Gasteiger partial charge in [-0.1, -0.05) is 12.1 Å². The molecule has 0 bridgehead atoms. The summed E-state index contributed by atoms with van der Waals surface area (Å²) in [4.78, 5) is 31.0. The summed E-state index contributed by atoms with van der Waals surface area (Å²) in [6.45, 7) is 1.73. The second-order valence-corrected chi connectivity index (χ2v) is 5.85. The molecule has 2 aromatic rings. The third kappa shape index (κ3) is 2.89. The monoisotopic (exact) mass is 299 g/mol. The van der Waals surface area contributed by atoms with E-state index in [9.17, 15) is 9.59 Å². The Morgan fingerprint density at radius 3 is 2.68 bits per heavy atom. The highest BCUT2D eigenvalue weighted by Gasteiger charge is 2.17. The van der Waals surface area contributed by atoms with Crippen molar-refractivity contribution in [1.29, 1.82) is 0 Å². The fraction of sp³-hybridized carbons (Fsp3) is 0.471. The zero-order valence-electron chi connectivity index (χ0n) is 12.9. The minimum atomic E-state index is -0.0500. The van der Waals surface area contributed by atoms with Gasteiger partial charge in [-0.2, -0.15) is 0 Å². The number of benzene rings is 1. The van der Waals surface area contributed by atoms with E-state index in [4.69, 9.17) is 0 Å². The smallest absolute Gasteiger partial charge is 0.261 e. The van der Waals surface area contributed by atoms with Crippen molar-refractivity contribution >= 4 is 16.8 Å². The lowest BCUT2D eigenvalue weighted by atomic mass is 10.1. The van der Waals surface area contributed by atoms with Gasteiger partial charge in [0.1, 0.15) is 5.82 Å². The van der Waals surface area contributed by atoms with Crippen LogP contribution in [0.5, 0.6) is 0 Å². The number of carbonyl (C=O) groups is 1. The molecular formula is C17H21N3O2. The third-order valence-electron chi connectivity index (χ3n) is 4.35. The number of piperidine rings is 1. The molecule has 5 nitrogen and oxygen atoms in total. The Bertz CT molecular complexity index is 745. The Kier molecular flexibility index (Phi) is 4.22. The summed E-state index contributed by atoms with van der Waals surface area (Å²) in [6, 6.07) is 7.34. The quantitative estimate of drug-likeness (QED) is 0.869. The summed E-state index contributed by atoms with van der Waals surface area (Å²) in [6.07, 6.45) is 4.33. The standard InChI is InChI=1S/C17H21N3O2/c1-19-15(9-10-16(21)20-11-5-2-6-12-20)18-14-8-4-3-7-13(14)17(19)22/h3-4,7-8H,2,5-6,9-12H2,1H3. The Morgan fingerprint density at radius 2 is 1.91 bits per heavy atom. The van der Waals surface area contributed by atoms with Crippen LogP contribution in [-0.4, -0.2) is 33.4 Å². The number of fused-ring (bicyclic) bond motifs is 1. The van der Waals surface area contributed by atoms with Gasteiger partial charge in [0.05, 0.1) is 10.9 Å². The van der Waals surface area contributed by atoms with E-state index < -0.39 is 0 Å². The molecule has 1 saturated heterocycles. The van der Waals surface area contributed by atoms with Crippen LogP contribution in [0.15, 0.2) is 29.1 Å². The van der Waals surface area contributed by atoms with Crippen molar-refractivity contribution in [3.05, 3.63) is 40.4 Å². The molecule has 5 heteroatoms. The van der Waals surface area contributed by atoms with Crippen LogP contribution in [-0.2, 0) is 18.3 Å². The first-order chi connectivity index (χ1) is 10.7. The number of nitrogens with zero attached hydrogens (tertiary/aromatic N) is 3. The molecule has 0 spiro atoms. The van der Waals surface area contributed by atoms with Gasteiger partial charge in [-0.15, -0.1) is 0 Å². The van der Waals surface area contributed by atoms with Crippen molar-refractivity contribution in [2.45, 2.75) is 32.1 Å². The van der Waals surface area contributed by atoms with Crippen LogP contribution in [0.1, 0.15) is 31.5 Å². The summed E-state index contributed by atoms with van der Waals surface area (Å²) in [5.74, 6) is 0.844. The molecule has 0 N–H and O–H groups in total. The Morgan fingerprint density at radius 1 is 1.18 bits per heavy atom. The molecule has 1 aliphatic heterocycles. The van der Waals surface area contributed by atoms with Crippen LogP contribution in [0.25, 0.3) is 10.9 Å². The molecule has 2 heterocycles. The molecule has 0 aliphatic carbocycles. The number of rotatable bonds is 3. The summed E-state index contributed by atoms with van der Waals surface area (Å²) in [5.41, 5.74) is 0.650. The minimum Gasteiger partial charge on any atom is -0.343 e. The van der Waals surface area contributed by atoms with Crippen molar-refractivity contribution < 1.29 is 4.79 Å². The van der Waals surface area contributed by atoms with Gasteiger partial charge in [-0.3, -0.25) is 14.2 Å². The van der Waals surface area contributed by atoms with Gasteiger partial charge in [0.2, 0.25) is 5.91 Å². The minimum absolute atomic E-state index is 0.0500.